The van der Waals surface area contributed by atoms with E-state index in [1.807, 2.05) is 36.4 Å². The second-order valence-electron chi connectivity index (χ2n) is 8.32. The highest BCUT2D eigenvalue weighted by Crippen LogP contribution is 2.49. The molecule has 0 saturated heterocycles. The summed E-state index contributed by atoms with van der Waals surface area (Å²) in [7, 11) is 8.07. The third kappa shape index (κ3) is 3.94. The monoisotopic (exact) mass is 484 g/mol. The summed E-state index contributed by atoms with van der Waals surface area (Å²) in [6.45, 7) is 0.382. The second kappa shape index (κ2) is 9.74. The number of hydrogen-bond acceptors (Lipinski definition) is 6. The van der Waals surface area contributed by atoms with E-state index in [1.165, 1.54) is 5.39 Å². The Morgan fingerprint density at radius 1 is 0.583 bits per heavy atom. The minimum atomic E-state index is 0.382. The highest BCUT2D eigenvalue weighted by Gasteiger charge is 2.27. The van der Waals surface area contributed by atoms with Crippen molar-refractivity contribution in [2.45, 2.75) is 0 Å². The van der Waals surface area contributed by atoms with E-state index < -0.39 is 0 Å². The molecule has 0 unspecified atom stereocenters. The zero-order valence-corrected chi connectivity index (χ0v) is 21.0. The molecule has 0 atom stereocenters. The van der Waals surface area contributed by atoms with Crippen LogP contribution in [0, 0.1) is 0 Å². The highest BCUT2D eigenvalue weighted by molar-refractivity contribution is 6.04. The fraction of sp³-hybridized carbons (Fsp3) is 0.200. The molecule has 184 valence electrons. The fourth-order valence-electron chi connectivity index (χ4n) is 4.72. The zero-order chi connectivity index (χ0) is 25.2. The Morgan fingerprint density at radius 2 is 1.22 bits per heavy atom. The minimum absolute atomic E-state index is 0.382. The van der Waals surface area contributed by atoms with Crippen LogP contribution in [0.1, 0.15) is 16.7 Å². The van der Waals surface area contributed by atoms with Gasteiger partial charge in [0.15, 0.2) is 23.0 Å². The Morgan fingerprint density at radius 3 is 1.86 bits per heavy atom. The van der Waals surface area contributed by atoms with Crippen molar-refractivity contribution >= 4 is 21.9 Å². The van der Waals surface area contributed by atoms with Crippen LogP contribution in [0.5, 0.6) is 34.5 Å². The van der Waals surface area contributed by atoms with Crippen LogP contribution in [-0.4, -0.2) is 42.2 Å². The Balaban J connectivity index is 1.83. The summed E-state index contributed by atoms with van der Waals surface area (Å²) >= 11 is 0. The van der Waals surface area contributed by atoms with Gasteiger partial charge in [-0.15, -0.1) is 0 Å². The van der Waals surface area contributed by atoms with Crippen LogP contribution in [0.4, 0.5) is 0 Å². The molecule has 6 heteroatoms. The third-order valence-corrected chi connectivity index (χ3v) is 6.48. The van der Waals surface area contributed by atoms with Crippen molar-refractivity contribution in [3.8, 4) is 34.5 Å². The van der Waals surface area contributed by atoms with Gasteiger partial charge in [-0.3, -0.25) is 0 Å². The Labute approximate surface area is 210 Å². The van der Waals surface area contributed by atoms with E-state index in [9.17, 15) is 0 Å². The van der Waals surface area contributed by atoms with Gasteiger partial charge in [0.25, 0.3) is 0 Å². The topological polar surface area (TPSA) is 55.4 Å². The summed E-state index contributed by atoms with van der Waals surface area (Å²) in [5.74, 6) is 3.62. The van der Waals surface area contributed by atoms with E-state index in [2.05, 4.69) is 30.3 Å². The van der Waals surface area contributed by atoms with E-state index in [4.69, 9.17) is 28.4 Å². The van der Waals surface area contributed by atoms with Crippen LogP contribution in [0.2, 0.25) is 0 Å². The molecule has 0 radical (unpaired) electrons. The lowest BCUT2D eigenvalue weighted by molar-refractivity contribution is 0.324. The lowest BCUT2D eigenvalue weighted by Crippen LogP contribution is -2.12. The van der Waals surface area contributed by atoms with Crippen molar-refractivity contribution in [3.05, 3.63) is 83.4 Å². The highest BCUT2D eigenvalue weighted by atomic mass is 16.5. The first kappa shape index (κ1) is 23.4. The first-order valence-corrected chi connectivity index (χ1v) is 11.5. The first-order chi connectivity index (χ1) is 17.6. The molecule has 4 aromatic rings. The summed E-state index contributed by atoms with van der Waals surface area (Å²) in [6.07, 6.45) is 0. The summed E-state index contributed by atoms with van der Waals surface area (Å²) in [5, 5.41) is 2.34. The molecule has 0 aliphatic carbocycles. The molecule has 0 fully saturated rings. The molecule has 1 aliphatic rings. The van der Waals surface area contributed by atoms with Crippen LogP contribution in [0.3, 0.4) is 0 Å². The van der Waals surface area contributed by atoms with Crippen molar-refractivity contribution in [2.75, 3.05) is 42.2 Å². The molecule has 4 aromatic carbocycles. The normalized spacial score (nSPS) is 12.6. The number of ether oxygens (including phenoxy) is 6. The van der Waals surface area contributed by atoms with Gasteiger partial charge in [0.05, 0.1) is 35.5 Å². The molecule has 0 amide bonds. The molecule has 0 spiro atoms. The molecule has 0 N–H and O–H groups in total. The van der Waals surface area contributed by atoms with Gasteiger partial charge in [0.1, 0.15) is 12.4 Å². The van der Waals surface area contributed by atoms with Crippen molar-refractivity contribution < 1.29 is 28.4 Å². The SMILES string of the molecule is COc1cc2c(cc1OC)C(c1cc(OC)c(OC)c(OC)c1)=C(c1ccc3ccccc3c1)CO2. The van der Waals surface area contributed by atoms with Crippen LogP contribution < -0.4 is 28.4 Å². The average molecular weight is 485 g/mol. The second-order valence-corrected chi connectivity index (χ2v) is 8.32. The van der Waals surface area contributed by atoms with Crippen molar-refractivity contribution in [2.24, 2.45) is 0 Å². The zero-order valence-electron chi connectivity index (χ0n) is 21.0. The lowest BCUT2D eigenvalue weighted by atomic mass is 9.86. The maximum atomic E-state index is 6.27. The maximum Gasteiger partial charge on any atom is 0.203 e. The number of methoxy groups -OCH3 is 5. The van der Waals surface area contributed by atoms with Crippen LogP contribution >= 0.6 is 0 Å². The lowest BCUT2D eigenvalue weighted by Gasteiger charge is -2.27. The van der Waals surface area contributed by atoms with E-state index in [0.29, 0.717) is 41.1 Å². The minimum Gasteiger partial charge on any atom is -0.493 e. The predicted molar refractivity (Wildman–Crippen MR) is 141 cm³/mol. The predicted octanol–water partition coefficient (Wildman–Crippen LogP) is 6.23. The molecule has 1 aliphatic heterocycles. The summed E-state index contributed by atoms with van der Waals surface area (Å²) in [6, 6.07) is 22.5. The van der Waals surface area contributed by atoms with Crippen molar-refractivity contribution in [1.82, 2.24) is 0 Å². The first-order valence-electron chi connectivity index (χ1n) is 11.5. The molecule has 0 bridgehead atoms. The number of benzene rings is 4. The van der Waals surface area contributed by atoms with E-state index >= 15 is 0 Å². The number of fused-ring (bicyclic) bond motifs is 2. The molecule has 0 saturated carbocycles. The van der Waals surface area contributed by atoms with Crippen LogP contribution in [0.25, 0.3) is 21.9 Å². The molecule has 6 nitrogen and oxygen atoms in total. The van der Waals surface area contributed by atoms with Crippen molar-refractivity contribution in [3.63, 3.8) is 0 Å². The van der Waals surface area contributed by atoms with Gasteiger partial charge >= 0.3 is 0 Å². The van der Waals surface area contributed by atoms with E-state index in [-0.39, 0.29) is 0 Å². The van der Waals surface area contributed by atoms with Gasteiger partial charge < -0.3 is 28.4 Å². The molecule has 1 heterocycles. The molecule has 5 rings (SSSR count). The quantitative estimate of drug-likeness (QED) is 0.310. The third-order valence-electron chi connectivity index (χ3n) is 6.48. The smallest absolute Gasteiger partial charge is 0.203 e. The Hall–Kier alpha value is -4.32. The molecular weight excluding hydrogens is 456 g/mol. The van der Waals surface area contributed by atoms with E-state index in [0.717, 1.165) is 33.2 Å². The Kier molecular flexibility index (Phi) is 6.34. The van der Waals surface area contributed by atoms with Gasteiger partial charge in [-0.05, 0) is 46.2 Å². The molecule has 0 aromatic heterocycles. The maximum absolute atomic E-state index is 6.27. The van der Waals surface area contributed by atoms with Gasteiger partial charge in [-0.1, -0.05) is 36.4 Å². The molecule has 36 heavy (non-hydrogen) atoms. The van der Waals surface area contributed by atoms with E-state index in [1.54, 1.807) is 35.5 Å². The van der Waals surface area contributed by atoms with Gasteiger partial charge in [-0.25, -0.2) is 0 Å². The Bertz CT molecular complexity index is 1450. The van der Waals surface area contributed by atoms with Gasteiger partial charge in [0, 0.05) is 22.8 Å². The summed E-state index contributed by atoms with van der Waals surface area (Å²) in [4.78, 5) is 0. The fourth-order valence-corrected chi connectivity index (χ4v) is 4.72. The van der Waals surface area contributed by atoms with Crippen molar-refractivity contribution in [1.29, 1.82) is 0 Å². The van der Waals surface area contributed by atoms with Crippen LogP contribution in [0.15, 0.2) is 66.7 Å². The average Bonchev–Trinajstić information content (AvgIpc) is 2.94. The summed E-state index contributed by atoms with van der Waals surface area (Å²) < 4.78 is 34.4. The molecular formula is C30H28O6. The van der Waals surface area contributed by atoms with Gasteiger partial charge in [0.2, 0.25) is 5.75 Å². The number of hydrogen-bond donors (Lipinski definition) is 0. The standard InChI is InChI=1S/C30H28O6/c1-31-25-15-22-24(16-26(25)32-2)36-17-23(20-11-10-18-8-6-7-9-19(18)12-20)29(22)21-13-27(33-3)30(35-5)28(14-21)34-4/h6-16H,17H2,1-5H3. The number of rotatable bonds is 7. The van der Waals surface area contributed by atoms with Gasteiger partial charge in [-0.2, -0.15) is 0 Å². The van der Waals surface area contributed by atoms with Crippen LogP contribution in [-0.2, 0) is 0 Å². The summed E-state index contributed by atoms with van der Waals surface area (Å²) in [5.41, 5.74) is 4.89. The largest absolute Gasteiger partial charge is 0.493 e.